The van der Waals surface area contributed by atoms with Crippen molar-refractivity contribution >= 4 is 28.2 Å². The Kier molecular flexibility index (Phi) is 8.20. The van der Waals surface area contributed by atoms with Crippen LogP contribution >= 0.6 is 12.2 Å². The lowest BCUT2D eigenvalue weighted by molar-refractivity contribution is 0.322. The first-order chi connectivity index (χ1) is 15.0. The van der Waals surface area contributed by atoms with Crippen LogP contribution in [0, 0.1) is 0 Å². The number of pyridine rings is 1. The molecule has 0 atom stereocenters. The van der Waals surface area contributed by atoms with Gasteiger partial charge in [-0.1, -0.05) is 43.3 Å². The minimum atomic E-state index is -0.0568. The second kappa shape index (κ2) is 11.1. The van der Waals surface area contributed by atoms with E-state index < -0.39 is 0 Å². The van der Waals surface area contributed by atoms with E-state index in [9.17, 15) is 4.79 Å². The summed E-state index contributed by atoms with van der Waals surface area (Å²) >= 11 is 5.70. The zero-order valence-corrected chi connectivity index (χ0v) is 19.5. The number of hydrogen-bond acceptors (Lipinski definition) is 3. The largest absolute Gasteiger partial charge is 0.362 e. The van der Waals surface area contributed by atoms with Crippen LogP contribution < -0.4 is 10.9 Å². The molecule has 2 N–H and O–H groups in total. The van der Waals surface area contributed by atoms with E-state index in [-0.39, 0.29) is 5.56 Å². The van der Waals surface area contributed by atoms with E-state index in [1.807, 2.05) is 44.4 Å². The number of nitrogens with zero attached hydrogens (tertiary/aromatic N) is 2. The topological polar surface area (TPSA) is 51.4 Å². The van der Waals surface area contributed by atoms with Gasteiger partial charge in [0.2, 0.25) is 0 Å². The van der Waals surface area contributed by atoms with Gasteiger partial charge >= 0.3 is 0 Å². The van der Waals surface area contributed by atoms with Gasteiger partial charge < -0.3 is 20.1 Å². The first-order valence-electron chi connectivity index (χ1n) is 10.8. The SMILES string of the molecule is CCc1ccc2[nH]c(=O)c(CN(CCN(C)C)C(=S)NCCc3ccccc3)cc2c1. The summed E-state index contributed by atoms with van der Waals surface area (Å²) in [7, 11) is 4.08. The van der Waals surface area contributed by atoms with Gasteiger partial charge in [0.05, 0.1) is 6.54 Å². The van der Waals surface area contributed by atoms with Gasteiger partial charge in [-0.15, -0.1) is 0 Å². The van der Waals surface area contributed by atoms with Gasteiger partial charge in [0.25, 0.3) is 5.56 Å². The number of H-pyrrole nitrogens is 1. The second-order valence-corrected chi connectivity index (χ2v) is 8.48. The molecular formula is C25H32N4OS. The normalized spacial score (nSPS) is 11.1. The van der Waals surface area contributed by atoms with Gasteiger partial charge in [-0.3, -0.25) is 4.79 Å². The van der Waals surface area contributed by atoms with E-state index in [0.29, 0.717) is 11.7 Å². The van der Waals surface area contributed by atoms with Gasteiger partial charge in [-0.25, -0.2) is 0 Å². The number of thiocarbonyl (C=S) groups is 1. The number of aromatic amines is 1. The number of aromatic nitrogens is 1. The third kappa shape index (κ3) is 6.64. The van der Waals surface area contributed by atoms with E-state index >= 15 is 0 Å². The average molecular weight is 437 g/mol. The van der Waals surface area contributed by atoms with E-state index in [1.165, 1.54) is 11.1 Å². The third-order valence-corrected chi connectivity index (χ3v) is 5.79. The minimum Gasteiger partial charge on any atom is -0.362 e. The molecule has 164 valence electrons. The Morgan fingerprint density at radius 3 is 2.52 bits per heavy atom. The van der Waals surface area contributed by atoms with Crippen molar-refractivity contribution in [2.45, 2.75) is 26.3 Å². The molecule has 3 aromatic rings. The summed E-state index contributed by atoms with van der Waals surface area (Å²) in [6.45, 7) is 4.97. The Balaban J connectivity index is 1.74. The van der Waals surface area contributed by atoms with Crippen molar-refractivity contribution in [1.29, 1.82) is 0 Å². The Hall–Kier alpha value is -2.70. The third-order valence-electron chi connectivity index (χ3n) is 5.39. The van der Waals surface area contributed by atoms with Crippen molar-refractivity contribution in [2.75, 3.05) is 33.7 Å². The Morgan fingerprint density at radius 1 is 1.03 bits per heavy atom. The molecule has 3 rings (SSSR count). The van der Waals surface area contributed by atoms with Gasteiger partial charge in [-0.05, 0) is 73.9 Å². The number of hydrogen-bond donors (Lipinski definition) is 2. The summed E-state index contributed by atoms with van der Waals surface area (Å²) in [4.78, 5) is 20.0. The van der Waals surface area contributed by atoms with Gasteiger partial charge in [0.1, 0.15) is 0 Å². The molecule has 0 unspecified atom stereocenters. The quantitative estimate of drug-likeness (QED) is 0.502. The molecule has 5 nitrogen and oxygen atoms in total. The van der Waals surface area contributed by atoms with Crippen molar-refractivity contribution in [2.24, 2.45) is 0 Å². The number of rotatable bonds is 9. The van der Waals surface area contributed by atoms with Crippen LogP contribution in [0.4, 0.5) is 0 Å². The predicted octanol–water partition coefficient (Wildman–Crippen LogP) is 3.57. The fourth-order valence-electron chi connectivity index (χ4n) is 3.49. The minimum absolute atomic E-state index is 0.0568. The Bertz CT molecular complexity index is 1060. The Labute approximate surface area is 190 Å². The second-order valence-electron chi connectivity index (χ2n) is 8.09. The van der Waals surface area contributed by atoms with Gasteiger partial charge in [0, 0.05) is 30.7 Å². The fourth-order valence-corrected chi connectivity index (χ4v) is 3.75. The van der Waals surface area contributed by atoms with Crippen LogP contribution in [-0.4, -0.2) is 53.6 Å². The molecule has 0 aliphatic rings. The van der Waals surface area contributed by atoms with Crippen molar-refractivity contribution in [3.8, 4) is 0 Å². The highest BCUT2D eigenvalue weighted by atomic mass is 32.1. The average Bonchev–Trinajstić information content (AvgIpc) is 2.77. The highest BCUT2D eigenvalue weighted by molar-refractivity contribution is 7.80. The zero-order valence-electron chi connectivity index (χ0n) is 18.6. The molecule has 31 heavy (non-hydrogen) atoms. The van der Waals surface area contributed by atoms with Crippen LogP contribution in [0.25, 0.3) is 10.9 Å². The summed E-state index contributed by atoms with van der Waals surface area (Å²) in [5.74, 6) is 0. The lowest BCUT2D eigenvalue weighted by Crippen LogP contribution is -2.43. The standard InChI is InChI=1S/C25H32N4OS/c1-4-19-10-11-23-21(16-19)17-22(24(30)27-23)18-29(15-14-28(2)3)25(31)26-13-12-20-8-6-5-7-9-20/h5-11,16-17H,4,12-15,18H2,1-3H3,(H,26,31)(H,27,30). The summed E-state index contributed by atoms with van der Waals surface area (Å²) in [6, 6.07) is 18.6. The molecule has 1 aromatic heterocycles. The van der Waals surface area contributed by atoms with E-state index in [2.05, 4.69) is 51.3 Å². The molecule has 0 saturated heterocycles. The van der Waals surface area contributed by atoms with Gasteiger partial charge in [0.15, 0.2) is 5.11 Å². The highest BCUT2D eigenvalue weighted by Crippen LogP contribution is 2.15. The number of likely N-dealkylation sites (N-methyl/N-ethyl adjacent to an activating group) is 1. The van der Waals surface area contributed by atoms with Crippen LogP contribution in [-0.2, 0) is 19.4 Å². The summed E-state index contributed by atoms with van der Waals surface area (Å²) in [5, 5.41) is 5.12. The molecule has 0 spiro atoms. The first kappa shape index (κ1) is 23.0. The van der Waals surface area contributed by atoms with Crippen LogP contribution in [0.5, 0.6) is 0 Å². The monoisotopic (exact) mass is 436 g/mol. The molecule has 6 heteroatoms. The van der Waals surface area contributed by atoms with Crippen molar-refractivity contribution in [1.82, 2.24) is 20.1 Å². The molecule has 0 bridgehead atoms. The first-order valence-corrected chi connectivity index (χ1v) is 11.2. The molecule has 0 fully saturated rings. The number of nitrogens with one attached hydrogen (secondary N) is 2. The van der Waals surface area contributed by atoms with E-state index in [4.69, 9.17) is 12.2 Å². The lowest BCUT2D eigenvalue weighted by Gasteiger charge is -2.27. The molecule has 1 heterocycles. The molecule has 2 aromatic carbocycles. The summed E-state index contributed by atoms with van der Waals surface area (Å²) < 4.78 is 0. The maximum absolute atomic E-state index is 12.7. The number of fused-ring (bicyclic) bond motifs is 1. The highest BCUT2D eigenvalue weighted by Gasteiger charge is 2.14. The van der Waals surface area contributed by atoms with E-state index in [0.717, 1.165) is 48.9 Å². The number of benzene rings is 2. The van der Waals surface area contributed by atoms with Crippen LogP contribution in [0.15, 0.2) is 59.4 Å². The molecular weight excluding hydrogens is 404 g/mol. The van der Waals surface area contributed by atoms with Crippen molar-refractivity contribution < 1.29 is 0 Å². The molecule has 0 aliphatic heterocycles. The van der Waals surface area contributed by atoms with Gasteiger partial charge in [-0.2, -0.15) is 0 Å². The lowest BCUT2D eigenvalue weighted by atomic mass is 10.1. The van der Waals surface area contributed by atoms with Crippen molar-refractivity contribution in [3.63, 3.8) is 0 Å². The molecule has 0 aliphatic carbocycles. The van der Waals surface area contributed by atoms with E-state index in [1.54, 1.807) is 0 Å². The van der Waals surface area contributed by atoms with Crippen LogP contribution in [0.1, 0.15) is 23.6 Å². The van der Waals surface area contributed by atoms with Crippen molar-refractivity contribution in [3.05, 3.63) is 81.6 Å². The summed E-state index contributed by atoms with van der Waals surface area (Å²) in [6.07, 6.45) is 1.87. The summed E-state index contributed by atoms with van der Waals surface area (Å²) in [5.41, 5.74) is 4.07. The molecule has 0 amide bonds. The fraction of sp³-hybridized carbons (Fsp3) is 0.360. The maximum atomic E-state index is 12.7. The smallest absolute Gasteiger partial charge is 0.253 e. The zero-order chi connectivity index (χ0) is 22.2. The molecule has 0 saturated carbocycles. The van der Waals surface area contributed by atoms with Crippen LogP contribution in [0.3, 0.4) is 0 Å². The number of aryl methyl sites for hydroxylation is 1. The van der Waals surface area contributed by atoms with Crippen LogP contribution in [0.2, 0.25) is 0 Å². The predicted molar refractivity (Wildman–Crippen MR) is 134 cm³/mol. The maximum Gasteiger partial charge on any atom is 0.253 e. The molecule has 0 radical (unpaired) electrons. The Morgan fingerprint density at radius 2 is 1.81 bits per heavy atom.